The predicted molar refractivity (Wildman–Crippen MR) is 95.0 cm³/mol. The molecule has 2 rings (SSSR count). The molecule has 8 heteroatoms. The van der Waals surface area contributed by atoms with Crippen molar-refractivity contribution < 1.29 is 32.7 Å². The first-order chi connectivity index (χ1) is 12.1. The van der Waals surface area contributed by atoms with Crippen LogP contribution in [0.3, 0.4) is 0 Å². The van der Waals surface area contributed by atoms with Crippen LogP contribution in [-0.2, 0) is 18.8 Å². The van der Waals surface area contributed by atoms with Crippen LogP contribution in [0, 0.1) is 5.82 Å². The van der Waals surface area contributed by atoms with Crippen molar-refractivity contribution in [3.8, 4) is 11.5 Å². The van der Waals surface area contributed by atoms with Crippen LogP contribution in [0.15, 0.2) is 12.1 Å². The third-order valence-corrected chi connectivity index (χ3v) is 5.12. The van der Waals surface area contributed by atoms with Gasteiger partial charge in [-0.2, -0.15) is 0 Å². The highest BCUT2D eigenvalue weighted by Gasteiger charge is 2.54. The third kappa shape index (κ3) is 3.81. The number of ether oxygens (including phenoxy) is 3. The first kappa shape index (κ1) is 20.5. The summed E-state index contributed by atoms with van der Waals surface area (Å²) in [4.78, 5) is 12.0. The Bertz CT molecular complexity index is 660. The first-order valence-electron chi connectivity index (χ1n) is 8.40. The number of esters is 1. The maximum atomic E-state index is 14.8. The van der Waals surface area contributed by atoms with E-state index in [4.69, 9.17) is 23.5 Å². The summed E-state index contributed by atoms with van der Waals surface area (Å²) in [6.07, 6.45) is -0.0975. The quantitative estimate of drug-likeness (QED) is 0.568. The zero-order valence-corrected chi connectivity index (χ0v) is 16.3. The molecule has 1 aromatic carbocycles. The summed E-state index contributed by atoms with van der Waals surface area (Å²) in [5, 5.41) is 0. The highest BCUT2D eigenvalue weighted by molar-refractivity contribution is 6.48. The van der Waals surface area contributed by atoms with E-state index in [1.54, 1.807) is 0 Å². The minimum Gasteiger partial charge on any atom is -0.493 e. The molecule has 1 aliphatic rings. The van der Waals surface area contributed by atoms with E-state index < -0.39 is 35.9 Å². The van der Waals surface area contributed by atoms with Crippen LogP contribution in [0.2, 0.25) is 0 Å². The third-order valence-electron chi connectivity index (χ3n) is 5.12. The van der Waals surface area contributed by atoms with Gasteiger partial charge in [0.25, 0.3) is 0 Å². The molecular weight excluding hydrogens is 342 g/mol. The van der Waals surface area contributed by atoms with Gasteiger partial charge >= 0.3 is 13.1 Å². The maximum absolute atomic E-state index is 14.8. The molecular formula is C18H26BFO6. The monoisotopic (exact) mass is 368 g/mol. The van der Waals surface area contributed by atoms with Gasteiger partial charge in [-0.05, 0) is 39.3 Å². The zero-order chi connectivity index (χ0) is 19.7. The lowest BCUT2D eigenvalue weighted by Gasteiger charge is -2.32. The normalized spacial score (nSPS) is 19.2. The van der Waals surface area contributed by atoms with Gasteiger partial charge in [-0.3, -0.25) is 4.79 Å². The molecule has 1 atom stereocenters. The number of hydrogen-bond donors (Lipinski definition) is 0. The van der Waals surface area contributed by atoms with Gasteiger partial charge < -0.3 is 23.5 Å². The van der Waals surface area contributed by atoms with Gasteiger partial charge in [0.1, 0.15) is 5.82 Å². The lowest BCUT2D eigenvalue weighted by molar-refractivity contribution is -0.140. The molecule has 0 radical (unpaired) electrons. The van der Waals surface area contributed by atoms with Crippen LogP contribution in [-0.4, -0.2) is 45.6 Å². The fourth-order valence-corrected chi connectivity index (χ4v) is 2.82. The zero-order valence-electron chi connectivity index (χ0n) is 16.3. The molecule has 0 N–H and O–H groups in total. The Morgan fingerprint density at radius 3 is 2.04 bits per heavy atom. The molecule has 0 aromatic heterocycles. The lowest BCUT2D eigenvalue weighted by atomic mass is 9.66. The molecule has 6 nitrogen and oxygen atoms in total. The minimum absolute atomic E-state index is 0.0975. The van der Waals surface area contributed by atoms with Gasteiger partial charge in [-0.15, -0.1) is 0 Å². The molecule has 1 fully saturated rings. The summed E-state index contributed by atoms with van der Waals surface area (Å²) in [6, 6.07) is 2.73. The Morgan fingerprint density at radius 2 is 1.58 bits per heavy atom. The Balaban J connectivity index is 2.48. The molecule has 26 heavy (non-hydrogen) atoms. The van der Waals surface area contributed by atoms with Crippen LogP contribution >= 0.6 is 0 Å². The SMILES string of the molecule is COC(=O)CC(B1OC(C)(C)C(C)(C)O1)c1cc(OC)c(OC)cc1F. The van der Waals surface area contributed by atoms with E-state index in [-0.39, 0.29) is 17.7 Å². The molecule has 1 saturated heterocycles. The molecule has 1 unspecified atom stereocenters. The van der Waals surface area contributed by atoms with Gasteiger partial charge in [0, 0.05) is 11.9 Å². The van der Waals surface area contributed by atoms with Gasteiger partial charge in [0.15, 0.2) is 11.5 Å². The van der Waals surface area contributed by atoms with E-state index in [1.807, 2.05) is 27.7 Å². The van der Waals surface area contributed by atoms with E-state index >= 15 is 0 Å². The van der Waals surface area contributed by atoms with E-state index in [0.29, 0.717) is 5.75 Å². The molecule has 1 aliphatic heterocycles. The number of hydrogen-bond acceptors (Lipinski definition) is 6. The standard InChI is InChI=1S/C18H26BFO6/c1-17(2)18(3,4)26-19(25-17)12(9-16(21)24-7)11-8-14(22-5)15(23-6)10-13(11)20/h8,10,12H,9H2,1-7H3. The summed E-state index contributed by atoms with van der Waals surface area (Å²) < 4.78 is 42.1. The number of rotatable bonds is 6. The second-order valence-electron chi connectivity index (χ2n) is 7.24. The van der Waals surface area contributed by atoms with Crippen LogP contribution in [0.1, 0.15) is 45.5 Å². The van der Waals surface area contributed by atoms with Crippen LogP contribution in [0.4, 0.5) is 4.39 Å². The molecule has 1 aromatic rings. The first-order valence-corrected chi connectivity index (χ1v) is 8.40. The van der Waals surface area contributed by atoms with Crippen molar-refractivity contribution in [3.63, 3.8) is 0 Å². The van der Waals surface area contributed by atoms with E-state index in [1.165, 1.54) is 33.5 Å². The topological polar surface area (TPSA) is 63.2 Å². The summed E-state index contributed by atoms with van der Waals surface area (Å²) in [5.41, 5.74) is -0.982. The molecule has 0 aliphatic carbocycles. The average Bonchev–Trinajstić information content (AvgIpc) is 2.79. The highest BCUT2D eigenvalue weighted by atomic mass is 19.1. The Hall–Kier alpha value is -1.80. The van der Waals surface area contributed by atoms with Crippen molar-refractivity contribution in [2.45, 2.75) is 51.1 Å². The Kier molecular flexibility index (Phi) is 5.87. The summed E-state index contributed by atoms with van der Waals surface area (Å²) in [7, 11) is 3.36. The summed E-state index contributed by atoms with van der Waals surface area (Å²) in [6.45, 7) is 7.58. The molecule has 0 bridgehead atoms. The molecule has 1 heterocycles. The fraction of sp³-hybridized carbons (Fsp3) is 0.611. The predicted octanol–water partition coefficient (Wildman–Crippen LogP) is 3.12. The number of carbonyl (C=O) groups excluding carboxylic acids is 1. The second kappa shape index (κ2) is 7.44. The number of methoxy groups -OCH3 is 3. The van der Waals surface area contributed by atoms with Gasteiger partial charge in [-0.25, -0.2) is 4.39 Å². The summed E-state index contributed by atoms with van der Waals surface area (Å²) in [5.74, 6) is -1.11. The maximum Gasteiger partial charge on any atom is 0.466 e. The van der Waals surface area contributed by atoms with Gasteiger partial charge in [0.2, 0.25) is 0 Å². The molecule has 144 valence electrons. The average molecular weight is 368 g/mol. The second-order valence-corrected chi connectivity index (χ2v) is 7.24. The number of halogens is 1. The van der Waals surface area contributed by atoms with Gasteiger partial charge in [0.05, 0.1) is 39.0 Å². The van der Waals surface area contributed by atoms with Crippen molar-refractivity contribution in [3.05, 3.63) is 23.5 Å². The van der Waals surface area contributed by atoms with E-state index in [2.05, 4.69) is 0 Å². The van der Waals surface area contributed by atoms with Crippen molar-refractivity contribution in [1.82, 2.24) is 0 Å². The van der Waals surface area contributed by atoms with Crippen LogP contribution < -0.4 is 9.47 Å². The van der Waals surface area contributed by atoms with Gasteiger partial charge in [-0.1, -0.05) is 0 Å². The largest absolute Gasteiger partial charge is 0.493 e. The Morgan fingerprint density at radius 1 is 1.08 bits per heavy atom. The van der Waals surface area contributed by atoms with Crippen LogP contribution in [0.5, 0.6) is 11.5 Å². The van der Waals surface area contributed by atoms with Crippen molar-refractivity contribution >= 4 is 13.1 Å². The Labute approximate surface area is 154 Å². The van der Waals surface area contributed by atoms with E-state index in [9.17, 15) is 9.18 Å². The fourth-order valence-electron chi connectivity index (χ4n) is 2.82. The van der Waals surface area contributed by atoms with Crippen molar-refractivity contribution in [2.75, 3.05) is 21.3 Å². The lowest BCUT2D eigenvalue weighted by Crippen LogP contribution is -2.41. The van der Waals surface area contributed by atoms with Crippen molar-refractivity contribution in [2.24, 2.45) is 0 Å². The highest BCUT2D eigenvalue weighted by Crippen LogP contribution is 2.43. The number of benzene rings is 1. The minimum atomic E-state index is -0.813. The molecule has 0 saturated carbocycles. The van der Waals surface area contributed by atoms with E-state index in [0.717, 1.165) is 0 Å². The number of carbonyl (C=O) groups is 1. The smallest absolute Gasteiger partial charge is 0.466 e. The molecule has 0 amide bonds. The van der Waals surface area contributed by atoms with Crippen LogP contribution in [0.25, 0.3) is 0 Å². The van der Waals surface area contributed by atoms with Crippen molar-refractivity contribution in [1.29, 1.82) is 0 Å². The molecule has 0 spiro atoms. The summed E-state index contributed by atoms with van der Waals surface area (Å²) >= 11 is 0.